The van der Waals surface area contributed by atoms with Crippen LogP contribution in [0.1, 0.15) is 43.2 Å². The van der Waals surface area contributed by atoms with Crippen molar-refractivity contribution in [2.45, 2.75) is 55.2 Å². The predicted octanol–water partition coefficient (Wildman–Crippen LogP) is 1.60. The van der Waals surface area contributed by atoms with E-state index < -0.39 is 5.54 Å². The van der Waals surface area contributed by atoms with Gasteiger partial charge >= 0.3 is 6.03 Å². The molecule has 2 saturated carbocycles. The third-order valence-electron chi connectivity index (χ3n) is 7.06. The molecular weight excluding hydrogens is 374 g/mol. The molecule has 2 spiro atoms. The van der Waals surface area contributed by atoms with Crippen LogP contribution in [0, 0.1) is 11.3 Å². The Bertz CT molecular complexity index is 967. The summed E-state index contributed by atoms with van der Waals surface area (Å²) in [7, 11) is 0. The summed E-state index contributed by atoms with van der Waals surface area (Å²) in [6.45, 7) is 1.37. The number of nitriles is 1. The Morgan fingerprint density at radius 1 is 1.21 bits per heavy atom. The maximum absolute atomic E-state index is 12.8. The van der Waals surface area contributed by atoms with Crippen molar-refractivity contribution >= 4 is 11.9 Å². The van der Waals surface area contributed by atoms with Crippen LogP contribution in [0.5, 0.6) is 11.5 Å². The SMILES string of the molecule is N#Cc1ccc2c(c1OC1CC(N3C(=O)N[C@@]4(CCOC4)C3=O)C1)C1(CC1)CO2. The predicted molar refractivity (Wildman–Crippen MR) is 98.5 cm³/mol. The number of hydrogen-bond donors (Lipinski definition) is 1. The molecule has 0 unspecified atom stereocenters. The van der Waals surface area contributed by atoms with Crippen LogP contribution >= 0.6 is 0 Å². The first-order chi connectivity index (χ1) is 14.1. The number of hydrogen-bond acceptors (Lipinski definition) is 6. The van der Waals surface area contributed by atoms with Crippen LogP contribution in [0.4, 0.5) is 4.79 Å². The summed E-state index contributed by atoms with van der Waals surface area (Å²) in [4.78, 5) is 26.6. The van der Waals surface area contributed by atoms with Gasteiger partial charge in [-0.05, 0) is 25.0 Å². The second-order valence-electron chi connectivity index (χ2n) is 8.85. The largest absolute Gasteiger partial charge is 0.492 e. The molecule has 2 saturated heterocycles. The van der Waals surface area contributed by atoms with Crippen LogP contribution in [0.25, 0.3) is 0 Å². The molecule has 3 aliphatic heterocycles. The van der Waals surface area contributed by atoms with Gasteiger partial charge < -0.3 is 19.5 Å². The van der Waals surface area contributed by atoms with Crippen LogP contribution in [-0.4, -0.2) is 54.3 Å². The minimum Gasteiger partial charge on any atom is -0.492 e. The van der Waals surface area contributed by atoms with Crippen LogP contribution < -0.4 is 14.8 Å². The Kier molecular flexibility index (Phi) is 3.32. The number of nitrogens with zero attached hydrogens (tertiary/aromatic N) is 2. The Morgan fingerprint density at radius 3 is 2.72 bits per heavy atom. The number of nitrogens with one attached hydrogen (secondary N) is 1. The van der Waals surface area contributed by atoms with Gasteiger partial charge in [-0.1, -0.05) is 0 Å². The molecule has 8 nitrogen and oxygen atoms in total. The molecular formula is C21H21N3O5. The second kappa shape index (κ2) is 5.63. The number of amides is 3. The average molecular weight is 395 g/mol. The number of carbonyl (C=O) groups is 2. The molecule has 2 aliphatic carbocycles. The maximum atomic E-state index is 12.8. The van der Waals surface area contributed by atoms with E-state index in [4.69, 9.17) is 14.2 Å². The van der Waals surface area contributed by atoms with Crippen molar-refractivity contribution in [1.82, 2.24) is 10.2 Å². The van der Waals surface area contributed by atoms with Crippen molar-refractivity contribution < 1.29 is 23.8 Å². The van der Waals surface area contributed by atoms with E-state index in [1.165, 1.54) is 4.90 Å². The lowest BCUT2D eigenvalue weighted by molar-refractivity contribution is -0.135. The lowest BCUT2D eigenvalue weighted by atomic mass is 9.86. The highest BCUT2D eigenvalue weighted by Crippen LogP contribution is 2.59. The smallest absolute Gasteiger partial charge is 0.325 e. The number of ether oxygens (including phenoxy) is 3. The first-order valence-corrected chi connectivity index (χ1v) is 10.2. The van der Waals surface area contributed by atoms with Crippen molar-refractivity contribution in [3.05, 3.63) is 23.3 Å². The van der Waals surface area contributed by atoms with E-state index in [1.807, 2.05) is 6.07 Å². The summed E-state index contributed by atoms with van der Waals surface area (Å²) in [6, 6.07) is 5.31. The molecule has 8 heteroatoms. The molecule has 1 N–H and O–H groups in total. The summed E-state index contributed by atoms with van der Waals surface area (Å²) >= 11 is 0. The number of fused-ring (bicyclic) bond motifs is 2. The van der Waals surface area contributed by atoms with Gasteiger partial charge in [0, 0.05) is 42.9 Å². The van der Waals surface area contributed by atoms with Gasteiger partial charge in [0.2, 0.25) is 0 Å². The molecule has 1 aromatic rings. The molecule has 0 bridgehead atoms. The Morgan fingerprint density at radius 2 is 2.03 bits per heavy atom. The molecule has 1 atom stereocenters. The van der Waals surface area contributed by atoms with Gasteiger partial charge in [-0.2, -0.15) is 5.26 Å². The van der Waals surface area contributed by atoms with E-state index in [-0.39, 0.29) is 36.1 Å². The summed E-state index contributed by atoms with van der Waals surface area (Å²) < 4.78 is 17.4. The second-order valence-corrected chi connectivity index (χ2v) is 8.85. The van der Waals surface area contributed by atoms with Crippen molar-refractivity contribution in [2.24, 2.45) is 0 Å². The average Bonchev–Trinajstić information content (AvgIpc) is 3.03. The summed E-state index contributed by atoms with van der Waals surface area (Å²) in [5.74, 6) is 1.25. The van der Waals surface area contributed by atoms with E-state index in [9.17, 15) is 14.9 Å². The Hall–Kier alpha value is -2.79. The van der Waals surface area contributed by atoms with Crippen molar-refractivity contribution in [2.75, 3.05) is 19.8 Å². The zero-order valence-corrected chi connectivity index (χ0v) is 15.9. The molecule has 29 heavy (non-hydrogen) atoms. The standard InChI is InChI=1S/C21H21N3O5/c22-9-12-1-2-15-16(20(3-4-20)10-28-15)17(12)29-14-7-13(8-14)24-18(25)21(23-19(24)26)5-6-27-11-21/h1-2,13-14H,3-8,10-11H2,(H,23,26)/t13?,14?,21-/m1/s1. The third kappa shape index (κ3) is 2.28. The van der Waals surface area contributed by atoms with E-state index in [0.29, 0.717) is 43.8 Å². The van der Waals surface area contributed by atoms with Gasteiger partial charge in [0.1, 0.15) is 29.2 Å². The minimum atomic E-state index is -0.882. The Labute approximate surface area is 167 Å². The van der Waals surface area contributed by atoms with Gasteiger partial charge in [-0.3, -0.25) is 9.69 Å². The monoisotopic (exact) mass is 395 g/mol. The molecule has 150 valence electrons. The molecule has 0 radical (unpaired) electrons. The topological polar surface area (TPSA) is 101 Å². The maximum Gasteiger partial charge on any atom is 0.325 e. The number of urea groups is 1. The van der Waals surface area contributed by atoms with E-state index in [1.54, 1.807) is 6.07 Å². The van der Waals surface area contributed by atoms with Crippen molar-refractivity contribution in [3.8, 4) is 17.6 Å². The first-order valence-electron chi connectivity index (χ1n) is 10.2. The van der Waals surface area contributed by atoms with Gasteiger partial charge in [0.15, 0.2) is 0 Å². The van der Waals surface area contributed by atoms with E-state index in [0.717, 1.165) is 24.2 Å². The third-order valence-corrected chi connectivity index (χ3v) is 7.06. The summed E-state index contributed by atoms with van der Waals surface area (Å²) in [5.41, 5.74) is 0.658. The summed E-state index contributed by atoms with van der Waals surface area (Å²) in [5, 5.41) is 12.4. The highest BCUT2D eigenvalue weighted by Gasteiger charge is 2.58. The lowest BCUT2D eigenvalue weighted by Gasteiger charge is -2.40. The zero-order valence-electron chi connectivity index (χ0n) is 15.9. The van der Waals surface area contributed by atoms with E-state index >= 15 is 0 Å². The van der Waals surface area contributed by atoms with Gasteiger partial charge in [0.25, 0.3) is 5.91 Å². The summed E-state index contributed by atoms with van der Waals surface area (Å²) in [6.07, 6.45) is 3.62. The quantitative estimate of drug-likeness (QED) is 0.781. The number of imide groups is 1. The van der Waals surface area contributed by atoms with Crippen molar-refractivity contribution in [1.29, 1.82) is 5.26 Å². The fourth-order valence-electron chi connectivity index (χ4n) is 5.05. The molecule has 0 aromatic heterocycles. The first kappa shape index (κ1) is 17.1. The Balaban J connectivity index is 1.20. The molecule has 3 amide bonds. The molecule has 5 aliphatic rings. The fourth-order valence-corrected chi connectivity index (χ4v) is 5.05. The highest BCUT2D eigenvalue weighted by molar-refractivity contribution is 6.07. The van der Waals surface area contributed by atoms with Gasteiger partial charge in [-0.25, -0.2) is 4.79 Å². The fraction of sp³-hybridized carbons (Fsp3) is 0.571. The lowest BCUT2D eigenvalue weighted by Crippen LogP contribution is -2.53. The highest BCUT2D eigenvalue weighted by atomic mass is 16.5. The van der Waals surface area contributed by atoms with E-state index in [2.05, 4.69) is 11.4 Å². The number of rotatable bonds is 3. The zero-order chi connectivity index (χ0) is 19.8. The van der Waals surface area contributed by atoms with Gasteiger partial charge in [0.05, 0.1) is 18.8 Å². The van der Waals surface area contributed by atoms with Crippen LogP contribution in [0.2, 0.25) is 0 Å². The number of benzene rings is 1. The molecule has 3 heterocycles. The van der Waals surface area contributed by atoms with Crippen LogP contribution in [0.15, 0.2) is 12.1 Å². The molecule has 4 fully saturated rings. The molecule has 1 aromatic carbocycles. The number of carbonyl (C=O) groups excluding carboxylic acids is 2. The van der Waals surface area contributed by atoms with Gasteiger partial charge in [-0.15, -0.1) is 0 Å². The van der Waals surface area contributed by atoms with Crippen molar-refractivity contribution in [3.63, 3.8) is 0 Å². The minimum absolute atomic E-state index is 0.000332. The van der Waals surface area contributed by atoms with Crippen LogP contribution in [-0.2, 0) is 14.9 Å². The normalized spacial score (nSPS) is 33.3. The van der Waals surface area contributed by atoms with Crippen LogP contribution in [0.3, 0.4) is 0 Å². The molecule has 6 rings (SSSR count).